The van der Waals surface area contributed by atoms with Gasteiger partial charge in [-0.2, -0.15) is 0 Å². The van der Waals surface area contributed by atoms with E-state index in [9.17, 15) is 4.57 Å². The lowest BCUT2D eigenvalue weighted by Gasteiger charge is -2.18. The van der Waals surface area contributed by atoms with Crippen LogP contribution in [0.5, 0.6) is 0 Å². The summed E-state index contributed by atoms with van der Waals surface area (Å²) in [7, 11) is -2.80. The Bertz CT molecular complexity index is 244. The normalized spacial score (nSPS) is 23.6. The van der Waals surface area contributed by atoms with Crippen LogP contribution >= 0.6 is 7.60 Å². The Morgan fingerprint density at radius 3 is 1.59 bits per heavy atom. The third-order valence-electron chi connectivity index (χ3n) is 4.04. The summed E-state index contributed by atoms with van der Waals surface area (Å²) in [6, 6.07) is 0. The van der Waals surface area contributed by atoms with E-state index in [-0.39, 0.29) is 0 Å². The molecule has 0 aliphatic heterocycles. The minimum absolute atomic E-state index is 0.610. The van der Waals surface area contributed by atoms with Crippen molar-refractivity contribution in [2.75, 3.05) is 19.9 Å². The predicted octanol–water partition coefficient (Wildman–Crippen LogP) is 4.22. The minimum Gasteiger partial charge on any atom is -0.308 e. The molecule has 0 atom stereocenters. The fourth-order valence-electron chi connectivity index (χ4n) is 2.87. The molecule has 3 nitrogen and oxygen atoms in total. The molecule has 0 N–H and O–H groups in total. The molecule has 2 rings (SSSR count). The molecule has 2 aliphatic rings. The van der Waals surface area contributed by atoms with Gasteiger partial charge in [-0.05, 0) is 37.5 Å². The molecule has 2 aliphatic carbocycles. The Hall–Kier alpha value is 0.150. The molecular weight excluding hydrogens is 235 g/mol. The van der Waals surface area contributed by atoms with Crippen LogP contribution < -0.4 is 0 Å². The van der Waals surface area contributed by atoms with Crippen LogP contribution in [0.2, 0.25) is 0 Å². The number of hydrogen-bond acceptors (Lipinski definition) is 3. The SMILES string of the molecule is CP(=O)(OCC1CCCC1)OCC1CCCC1. The van der Waals surface area contributed by atoms with Gasteiger partial charge in [-0.3, -0.25) is 4.57 Å². The lowest BCUT2D eigenvalue weighted by molar-refractivity contribution is 0.165. The standard InChI is InChI=1S/C13H25O3P/c1-17(14,15-10-12-6-2-3-7-12)16-11-13-8-4-5-9-13/h12-13H,2-11H2,1H3. The van der Waals surface area contributed by atoms with Crippen molar-refractivity contribution in [3.8, 4) is 0 Å². The zero-order chi connectivity index (χ0) is 12.1. The van der Waals surface area contributed by atoms with Gasteiger partial charge in [0.15, 0.2) is 0 Å². The first-order valence-electron chi connectivity index (χ1n) is 7.02. The van der Waals surface area contributed by atoms with Crippen LogP contribution in [-0.4, -0.2) is 19.9 Å². The molecule has 0 bridgehead atoms. The van der Waals surface area contributed by atoms with Crippen LogP contribution in [0.4, 0.5) is 0 Å². The van der Waals surface area contributed by atoms with Gasteiger partial charge in [0.05, 0.1) is 13.2 Å². The summed E-state index contributed by atoms with van der Waals surface area (Å²) < 4.78 is 23.1. The predicted molar refractivity (Wildman–Crippen MR) is 69.4 cm³/mol. The quantitative estimate of drug-likeness (QED) is 0.671. The molecule has 0 heterocycles. The van der Waals surface area contributed by atoms with Gasteiger partial charge in [-0.25, -0.2) is 0 Å². The topological polar surface area (TPSA) is 35.5 Å². The Balaban J connectivity index is 1.64. The summed E-state index contributed by atoms with van der Waals surface area (Å²) in [6.45, 7) is 2.87. The number of hydrogen-bond donors (Lipinski definition) is 0. The van der Waals surface area contributed by atoms with E-state index in [2.05, 4.69) is 0 Å². The van der Waals surface area contributed by atoms with Crippen molar-refractivity contribution in [1.82, 2.24) is 0 Å². The molecular formula is C13H25O3P. The molecule has 4 heteroatoms. The van der Waals surface area contributed by atoms with Gasteiger partial charge in [0.25, 0.3) is 0 Å². The van der Waals surface area contributed by atoms with Crippen molar-refractivity contribution in [3.63, 3.8) is 0 Å². The van der Waals surface area contributed by atoms with Gasteiger partial charge in [-0.1, -0.05) is 25.7 Å². The van der Waals surface area contributed by atoms with Crippen molar-refractivity contribution >= 4 is 7.60 Å². The van der Waals surface area contributed by atoms with E-state index in [1.807, 2.05) is 0 Å². The van der Waals surface area contributed by atoms with Gasteiger partial charge in [0, 0.05) is 6.66 Å². The van der Waals surface area contributed by atoms with Crippen LogP contribution in [0.3, 0.4) is 0 Å². The molecule has 0 aromatic rings. The van der Waals surface area contributed by atoms with E-state index in [0.29, 0.717) is 25.0 Å². The highest BCUT2D eigenvalue weighted by Gasteiger charge is 2.24. The molecule has 17 heavy (non-hydrogen) atoms. The maximum atomic E-state index is 12.1. The lowest BCUT2D eigenvalue weighted by atomic mass is 10.1. The van der Waals surface area contributed by atoms with Crippen molar-refractivity contribution in [2.45, 2.75) is 51.4 Å². The Morgan fingerprint density at radius 1 is 0.882 bits per heavy atom. The summed E-state index contributed by atoms with van der Waals surface area (Å²) in [5, 5.41) is 0. The van der Waals surface area contributed by atoms with Crippen molar-refractivity contribution in [2.24, 2.45) is 11.8 Å². The third-order valence-corrected chi connectivity index (χ3v) is 5.28. The summed E-state index contributed by atoms with van der Waals surface area (Å²) >= 11 is 0. The first kappa shape index (κ1) is 13.6. The van der Waals surface area contributed by atoms with Crippen molar-refractivity contribution in [3.05, 3.63) is 0 Å². The molecule has 0 aromatic carbocycles. The van der Waals surface area contributed by atoms with Gasteiger partial charge in [-0.15, -0.1) is 0 Å². The van der Waals surface area contributed by atoms with E-state index in [0.717, 1.165) is 0 Å². The maximum absolute atomic E-state index is 12.1. The third kappa shape index (κ3) is 4.73. The molecule has 0 saturated heterocycles. The second-order valence-electron chi connectivity index (χ2n) is 5.66. The molecule has 2 saturated carbocycles. The fourth-order valence-corrected chi connectivity index (χ4v) is 3.91. The average Bonchev–Trinajstić information content (AvgIpc) is 2.97. The van der Waals surface area contributed by atoms with E-state index < -0.39 is 7.60 Å². The van der Waals surface area contributed by atoms with Crippen LogP contribution in [0, 0.1) is 11.8 Å². The molecule has 0 spiro atoms. The van der Waals surface area contributed by atoms with Crippen LogP contribution in [0.15, 0.2) is 0 Å². The van der Waals surface area contributed by atoms with Gasteiger partial charge in [0.1, 0.15) is 0 Å². The second kappa shape index (κ2) is 6.36. The summed E-state index contributed by atoms with van der Waals surface area (Å²) in [4.78, 5) is 0. The zero-order valence-corrected chi connectivity index (χ0v) is 11.8. The molecule has 0 radical (unpaired) electrons. The van der Waals surface area contributed by atoms with Crippen LogP contribution in [0.1, 0.15) is 51.4 Å². The largest absolute Gasteiger partial charge is 0.327 e. The maximum Gasteiger partial charge on any atom is 0.327 e. The summed E-state index contributed by atoms with van der Waals surface area (Å²) in [6.07, 6.45) is 10.1. The molecule has 0 unspecified atom stereocenters. The van der Waals surface area contributed by atoms with Crippen LogP contribution in [0.25, 0.3) is 0 Å². The van der Waals surface area contributed by atoms with Crippen molar-refractivity contribution in [1.29, 1.82) is 0 Å². The molecule has 0 amide bonds. The highest BCUT2D eigenvalue weighted by molar-refractivity contribution is 7.52. The van der Waals surface area contributed by atoms with Crippen molar-refractivity contribution < 1.29 is 13.6 Å². The average molecular weight is 260 g/mol. The molecule has 0 aromatic heterocycles. The Kier molecular flexibility index (Phi) is 5.08. The summed E-state index contributed by atoms with van der Waals surface area (Å²) in [5.41, 5.74) is 0. The lowest BCUT2D eigenvalue weighted by Crippen LogP contribution is -2.08. The monoisotopic (exact) mass is 260 g/mol. The highest BCUT2D eigenvalue weighted by atomic mass is 31.2. The molecule has 100 valence electrons. The first-order chi connectivity index (χ1) is 8.16. The minimum atomic E-state index is -2.80. The number of rotatable bonds is 6. The zero-order valence-electron chi connectivity index (χ0n) is 10.9. The fraction of sp³-hybridized carbons (Fsp3) is 1.00. The second-order valence-corrected chi connectivity index (χ2v) is 7.72. The van der Waals surface area contributed by atoms with Gasteiger partial charge < -0.3 is 9.05 Å². The highest BCUT2D eigenvalue weighted by Crippen LogP contribution is 2.46. The summed E-state index contributed by atoms with van der Waals surface area (Å²) in [5.74, 6) is 1.22. The van der Waals surface area contributed by atoms with E-state index in [1.54, 1.807) is 6.66 Å². The van der Waals surface area contributed by atoms with E-state index in [4.69, 9.17) is 9.05 Å². The van der Waals surface area contributed by atoms with E-state index >= 15 is 0 Å². The van der Waals surface area contributed by atoms with Gasteiger partial charge >= 0.3 is 7.60 Å². The van der Waals surface area contributed by atoms with Crippen LogP contribution in [-0.2, 0) is 13.6 Å². The first-order valence-corrected chi connectivity index (χ1v) is 9.01. The Morgan fingerprint density at radius 2 is 1.24 bits per heavy atom. The Labute approximate surface area is 105 Å². The smallest absolute Gasteiger partial charge is 0.308 e. The van der Waals surface area contributed by atoms with Gasteiger partial charge in [0.2, 0.25) is 0 Å². The molecule has 2 fully saturated rings. The van der Waals surface area contributed by atoms with E-state index in [1.165, 1.54) is 51.4 Å².